The summed E-state index contributed by atoms with van der Waals surface area (Å²) in [6.07, 6.45) is -0.192. The molecule has 0 aliphatic heterocycles. The van der Waals surface area contributed by atoms with Gasteiger partial charge in [0.1, 0.15) is 12.2 Å². The van der Waals surface area contributed by atoms with Crippen LogP contribution in [0.4, 0.5) is 9.59 Å². The van der Waals surface area contributed by atoms with E-state index in [1.165, 1.54) is 22.3 Å². The minimum Gasteiger partial charge on any atom is -0.449 e. The zero-order valence-corrected chi connectivity index (χ0v) is 24.4. The Morgan fingerprint density at radius 2 is 1.15 bits per heavy atom. The summed E-state index contributed by atoms with van der Waals surface area (Å²) in [6.45, 7) is 10.3. The number of carbonyl (C=O) groups excluding carboxylic acids is 2. The van der Waals surface area contributed by atoms with Gasteiger partial charge in [0.25, 0.3) is 0 Å². The number of benzene rings is 2. The van der Waals surface area contributed by atoms with Gasteiger partial charge in [-0.25, -0.2) is 9.59 Å². The summed E-state index contributed by atoms with van der Waals surface area (Å²) < 4.78 is 32.5. The minimum atomic E-state index is -0.514. The third kappa shape index (κ3) is 12.1. The van der Waals surface area contributed by atoms with Gasteiger partial charge in [0.15, 0.2) is 0 Å². The Bertz CT molecular complexity index is 1030. The van der Waals surface area contributed by atoms with Crippen LogP contribution in [-0.4, -0.2) is 90.3 Å². The third-order valence-corrected chi connectivity index (χ3v) is 6.11. The maximum Gasteiger partial charge on any atom is 0.407 e. The first-order chi connectivity index (χ1) is 19.8. The van der Waals surface area contributed by atoms with Crippen LogP contribution in [0.5, 0.6) is 0 Å². The molecular formula is C31H44N2O8. The molecule has 226 valence electrons. The van der Waals surface area contributed by atoms with Crippen LogP contribution in [0.3, 0.4) is 0 Å². The van der Waals surface area contributed by atoms with Crippen molar-refractivity contribution in [3.05, 3.63) is 59.7 Å². The average molecular weight is 573 g/mol. The van der Waals surface area contributed by atoms with Crippen molar-refractivity contribution in [3.63, 3.8) is 0 Å². The molecule has 10 nitrogen and oxygen atoms in total. The predicted molar refractivity (Wildman–Crippen MR) is 155 cm³/mol. The number of ether oxygens (including phenoxy) is 6. The van der Waals surface area contributed by atoms with E-state index in [0.717, 1.165) is 0 Å². The number of fused-ring (bicyclic) bond motifs is 3. The number of hydrogen-bond donors (Lipinski definition) is 2. The molecule has 0 bridgehead atoms. The predicted octanol–water partition coefficient (Wildman–Crippen LogP) is 4.51. The maximum atomic E-state index is 12.2. The van der Waals surface area contributed by atoms with Crippen LogP contribution in [0, 0.1) is 0 Å². The van der Waals surface area contributed by atoms with E-state index in [0.29, 0.717) is 79.0 Å². The van der Waals surface area contributed by atoms with Gasteiger partial charge in [0, 0.05) is 25.6 Å². The quantitative estimate of drug-likeness (QED) is 0.251. The molecule has 2 aromatic carbocycles. The van der Waals surface area contributed by atoms with Crippen LogP contribution in [0.15, 0.2) is 48.5 Å². The van der Waals surface area contributed by atoms with E-state index in [2.05, 4.69) is 34.9 Å². The first kappa shape index (κ1) is 32.3. The molecule has 0 radical (unpaired) electrons. The van der Waals surface area contributed by atoms with Gasteiger partial charge >= 0.3 is 12.2 Å². The van der Waals surface area contributed by atoms with Gasteiger partial charge in [0.2, 0.25) is 0 Å². The number of alkyl carbamates (subject to hydrolysis) is 2. The highest BCUT2D eigenvalue weighted by Crippen LogP contribution is 2.44. The molecule has 0 saturated carbocycles. The van der Waals surface area contributed by atoms with Gasteiger partial charge in [-0.3, -0.25) is 0 Å². The fraction of sp³-hybridized carbons (Fsp3) is 0.548. The lowest BCUT2D eigenvalue weighted by Gasteiger charge is -2.19. The number of carbonyl (C=O) groups is 2. The summed E-state index contributed by atoms with van der Waals surface area (Å²) in [6, 6.07) is 16.5. The van der Waals surface area contributed by atoms with E-state index in [9.17, 15) is 9.59 Å². The Kier molecular flexibility index (Phi) is 13.9. The Balaban J connectivity index is 1.09. The molecule has 0 saturated heterocycles. The smallest absolute Gasteiger partial charge is 0.407 e. The van der Waals surface area contributed by atoms with Crippen LogP contribution in [0.25, 0.3) is 11.1 Å². The van der Waals surface area contributed by atoms with E-state index in [1.807, 2.05) is 45.0 Å². The topological polar surface area (TPSA) is 114 Å². The van der Waals surface area contributed by atoms with Crippen molar-refractivity contribution in [3.8, 4) is 11.1 Å². The SMILES string of the molecule is CC(C)(C)OC(=O)NCCOCCOCCOCCOCCCNC(=O)OCC1c2ccccc2-c2ccccc21. The molecule has 0 heterocycles. The van der Waals surface area contributed by atoms with Gasteiger partial charge in [-0.15, -0.1) is 0 Å². The van der Waals surface area contributed by atoms with Gasteiger partial charge < -0.3 is 39.1 Å². The fourth-order valence-electron chi connectivity index (χ4n) is 4.32. The molecule has 0 fully saturated rings. The highest BCUT2D eigenvalue weighted by molar-refractivity contribution is 5.79. The molecule has 1 aliphatic rings. The number of amides is 2. The summed E-state index contributed by atoms with van der Waals surface area (Å²) in [5.41, 5.74) is 4.29. The molecule has 2 N–H and O–H groups in total. The van der Waals surface area contributed by atoms with Crippen LogP contribution in [-0.2, 0) is 28.4 Å². The van der Waals surface area contributed by atoms with Crippen LogP contribution >= 0.6 is 0 Å². The van der Waals surface area contributed by atoms with Crippen molar-refractivity contribution in [2.75, 3.05) is 72.6 Å². The molecular weight excluding hydrogens is 528 g/mol. The largest absolute Gasteiger partial charge is 0.449 e. The second kappa shape index (κ2) is 17.6. The first-order valence-corrected chi connectivity index (χ1v) is 14.2. The van der Waals surface area contributed by atoms with Crippen molar-refractivity contribution in [2.45, 2.75) is 38.7 Å². The molecule has 3 rings (SSSR count). The number of nitrogens with one attached hydrogen (secondary N) is 2. The van der Waals surface area contributed by atoms with Gasteiger partial charge in [-0.1, -0.05) is 48.5 Å². The summed E-state index contributed by atoms with van der Waals surface area (Å²) >= 11 is 0. The molecule has 41 heavy (non-hydrogen) atoms. The highest BCUT2D eigenvalue weighted by atomic mass is 16.6. The van der Waals surface area contributed by atoms with Crippen LogP contribution in [0.2, 0.25) is 0 Å². The van der Waals surface area contributed by atoms with Gasteiger partial charge in [0.05, 0.1) is 46.2 Å². The number of hydrogen-bond acceptors (Lipinski definition) is 8. The van der Waals surface area contributed by atoms with Gasteiger partial charge in [-0.05, 0) is 49.4 Å². The average Bonchev–Trinajstić information content (AvgIpc) is 3.26. The molecule has 0 aromatic heterocycles. The Hall–Kier alpha value is -3.18. The molecule has 2 aromatic rings. The third-order valence-electron chi connectivity index (χ3n) is 6.11. The van der Waals surface area contributed by atoms with Gasteiger partial charge in [-0.2, -0.15) is 0 Å². The zero-order chi connectivity index (χ0) is 29.3. The van der Waals surface area contributed by atoms with E-state index in [1.54, 1.807) is 0 Å². The summed E-state index contributed by atoms with van der Waals surface area (Å²) in [5.74, 6) is 0.0509. The minimum absolute atomic E-state index is 0.0509. The van der Waals surface area contributed by atoms with Crippen molar-refractivity contribution in [1.82, 2.24) is 10.6 Å². The first-order valence-electron chi connectivity index (χ1n) is 14.2. The van der Waals surface area contributed by atoms with Crippen molar-refractivity contribution < 1.29 is 38.0 Å². The normalized spacial score (nSPS) is 12.5. The van der Waals surface area contributed by atoms with E-state index in [4.69, 9.17) is 28.4 Å². The van der Waals surface area contributed by atoms with E-state index in [-0.39, 0.29) is 5.92 Å². The molecule has 10 heteroatoms. The van der Waals surface area contributed by atoms with Crippen LogP contribution < -0.4 is 10.6 Å². The lowest BCUT2D eigenvalue weighted by Crippen LogP contribution is -2.34. The molecule has 1 aliphatic carbocycles. The zero-order valence-electron chi connectivity index (χ0n) is 24.4. The second-order valence-electron chi connectivity index (χ2n) is 10.5. The van der Waals surface area contributed by atoms with E-state index < -0.39 is 17.8 Å². The van der Waals surface area contributed by atoms with Crippen molar-refractivity contribution in [1.29, 1.82) is 0 Å². The molecule has 0 spiro atoms. The highest BCUT2D eigenvalue weighted by Gasteiger charge is 2.28. The monoisotopic (exact) mass is 572 g/mol. The maximum absolute atomic E-state index is 12.2. The Morgan fingerprint density at radius 3 is 1.71 bits per heavy atom. The number of rotatable bonds is 18. The Labute approximate surface area is 243 Å². The second-order valence-corrected chi connectivity index (χ2v) is 10.5. The summed E-state index contributed by atoms with van der Waals surface area (Å²) in [5, 5.41) is 5.42. The van der Waals surface area contributed by atoms with Crippen molar-refractivity contribution in [2.24, 2.45) is 0 Å². The lowest BCUT2D eigenvalue weighted by molar-refractivity contribution is -0.00197. The van der Waals surface area contributed by atoms with Crippen LogP contribution in [0.1, 0.15) is 44.2 Å². The molecule has 0 atom stereocenters. The van der Waals surface area contributed by atoms with Crippen molar-refractivity contribution >= 4 is 12.2 Å². The molecule has 2 amide bonds. The summed E-state index contributed by atoms with van der Waals surface area (Å²) in [4.78, 5) is 23.7. The standard InChI is InChI=1S/C31H44N2O8/c1-31(2,3)41-30(35)33-14-16-37-18-20-39-22-21-38-19-17-36-15-8-13-32-29(34)40-23-28-26-11-6-4-9-24(26)25-10-5-7-12-27(25)28/h4-7,9-12,28H,8,13-23H2,1-3H3,(H,32,34)(H,33,35). The lowest BCUT2D eigenvalue weighted by atomic mass is 9.98. The van der Waals surface area contributed by atoms with E-state index >= 15 is 0 Å². The Morgan fingerprint density at radius 1 is 0.659 bits per heavy atom. The molecule has 0 unspecified atom stereocenters. The fourth-order valence-corrected chi connectivity index (χ4v) is 4.32. The summed E-state index contributed by atoms with van der Waals surface area (Å²) in [7, 11) is 0.